The summed E-state index contributed by atoms with van der Waals surface area (Å²) in [6.45, 7) is 10.7. The van der Waals surface area contributed by atoms with E-state index in [1.807, 2.05) is 50.3 Å². The maximum absolute atomic E-state index is 12.9. The van der Waals surface area contributed by atoms with Crippen LogP contribution in [-0.4, -0.2) is 24.0 Å². The Morgan fingerprint density at radius 3 is 2.59 bits per heavy atom. The van der Waals surface area contributed by atoms with Crippen LogP contribution in [0.15, 0.2) is 36.1 Å². The van der Waals surface area contributed by atoms with E-state index < -0.39 is 0 Å². The average Bonchev–Trinajstić information content (AvgIpc) is 2.93. The average molecular weight is 363 g/mol. The van der Waals surface area contributed by atoms with Crippen LogP contribution < -0.4 is 9.47 Å². The van der Waals surface area contributed by atoms with Gasteiger partial charge in [-0.3, -0.25) is 9.69 Å². The van der Waals surface area contributed by atoms with Gasteiger partial charge in [-0.2, -0.15) is 0 Å². The van der Waals surface area contributed by atoms with Crippen molar-refractivity contribution in [2.45, 2.75) is 34.2 Å². The largest absolute Gasteiger partial charge is 0.477 e. The van der Waals surface area contributed by atoms with Gasteiger partial charge in [0.1, 0.15) is 18.2 Å². The molecule has 0 fully saturated rings. The molecule has 0 spiro atoms. The Labute approximate surface area is 160 Å². The van der Waals surface area contributed by atoms with Gasteiger partial charge in [0.05, 0.1) is 5.56 Å². The zero-order valence-electron chi connectivity index (χ0n) is 16.3. The molecule has 0 radical (unpaired) electrons. The van der Waals surface area contributed by atoms with Crippen LogP contribution >= 0.6 is 0 Å². The predicted molar refractivity (Wildman–Crippen MR) is 106 cm³/mol. The number of hydrogen-bond acceptors (Lipinski definition) is 4. The van der Waals surface area contributed by atoms with Gasteiger partial charge in [0.25, 0.3) is 0 Å². The van der Waals surface area contributed by atoms with Crippen LogP contribution in [-0.2, 0) is 6.54 Å². The molecule has 0 amide bonds. The summed E-state index contributed by atoms with van der Waals surface area (Å²) >= 11 is 0. The van der Waals surface area contributed by atoms with Crippen LogP contribution in [0, 0.1) is 19.8 Å². The molecule has 0 saturated carbocycles. The summed E-state index contributed by atoms with van der Waals surface area (Å²) in [5, 5.41) is 0. The first kappa shape index (κ1) is 17.8. The van der Waals surface area contributed by atoms with Crippen LogP contribution in [0.25, 0.3) is 6.08 Å². The molecule has 4 rings (SSSR count). The summed E-state index contributed by atoms with van der Waals surface area (Å²) in [7, 11) is 0. The normalized spacial score (nSPS) is 17.7. The van der Waals surface area contributed by atoms with Crippen molar-refractivity contribution >= 4 is 11.9 Å². The SMILES string of the molecule is Cc1ccc(/C=C2\Oc3c(cc4c(c3C)OCN(CC(C)C)C4)C2=O)cc1. The molecule has 0 bridgehead atoms. The molecule has 4 nitrogen and oxygen atoms in total. The summed E-state index contributed by atoms with van der Waals surface area (Å²) in [6.07, 6.45) is 1.81. The number of allylic oxidation sites excluding steroid dienone is 1. The molecule has 0 N–H and O–H groups in total. The minimum atomic E-state index is -0.0579. The van der Waals surface area contributed by atoms with E-state index in [0.29, 0.717) is 29.7 Å². The highest BCUT2D eigenvalue weighted by molar-refractivity contribution is 6.15. The molecule has 2 heterocycles. The molecule has 2 aliphatic heterocycles. The second-order valence-electron chi connectivity index (χ2n) is 7.90. The number of carbonyl (C=O) groups excluding carboxylic acids is 1. The Kier molecular flexibility index (Phi) is 4.52. The Morgan fingerprint density at radius 1 is 1.15 bits per heavy atom. The fraction of sp³-hybridized carbons (Fsp3) is 0.348. The van der Waals surface area contributed by atoms with Gasteiger partial charge < -0.3 is 9.47 Å². The number of fused-ring (bicyclic) bond motifs is 2. The maximum Gasteiger partial charge on any atom is 0.231 e. The third-order valence-corrected chi connectivity index (χ3v) is 5.00. The van der Waals surface area contributed by atoms with Crippen molar-refractivity contribution in [2.24, 2.45) is 5.92 Å². The molecule has 27 heavy (non-hydrogen) atoms. The van der Waals surface area contributed by atoms with Gasteiger partial charge in [0.15, 0.2) is 5.76 Å². The van der Waals surface area contributed by atoms with Crippen LogP contribution in [0.2, 0.25) is 0 Å². The third-order valence-electron chi connectivity index (χ3n) is 5.00. The second kappa shape index (κ2) is 6.86. The van der Waals surface area contributed by atoms with E-state index in [4.69, 9.17) is 9.47 Å². The number of rotatable bonds is 3. The number of benzene rings is 2. The summed E-state index contributed by atoms with van der Waals surface area (Å²) in [5.41, 5.74) is 4.75. The highest BCUT2D eigenvalue weighted by Gasteiger charge is 2.33. The van der Waals surface area contributed by atoms with Crippen LogP contribution in [0.5, 0.6) is 11.5 Å². The molecule has 140 valence electrons. The van der Waals surface area contributed by atoms with E-state index in [9.17, 15) is 4.79 Å². The first-order valence-corrected chi connectivity index (χ1v) is 9.45. The van der Waals surface area contributed by atoms with Gasteiger partial charge in [-0.25, -0.2) is 0 Å². The molecule has 0 aromatic heterocycles. The molecule has 0 unspecified atom stereocenters. The quantitative estimate of drug-likeness (QED) is 0.739. The molecular formula is C23H25NO3. The van der Waals surface area contributed by atoms with Gasteiger partial charge in [-0.15, -0.1) is 0 Å². The Balaban J connectivity index is 1.66. The fourth-order valence-electron chi connectivity index (χ4n) is 3.74. The number of ketones is 1. The Morgan fingerprint density at radius 2 is 1.89 bits per heavy atom. The molecule has 4 heteroatoms. The molecule has 0 aliphatic carbocycles. The topological polar surface area (TPSA) is 38.8 Å². The van der Waals surface area contributed by atoms with Crippen molar-refractivity contribution in [2.75, 3.05) is 13.3 Å². The molecule has 2 aromatic carbocycles. The molecule has 2 aromatic rings. The Bertz CT molecular complexity index is 926. The van der Waals surface area contributed by atoms with Crippen LogP contribution in [0.3, 0.4) is 0 Å². The van der Waals surface area contributed by atoms with Crippen molar-refractivity contribution in [3.05, 3.63) is 63.9 Å². The first-order valence-electron chi connectivity index (χ1n) is 9.45. The van der Waals surface area contributed by atoms with Crippen LogP contribution in [0.1, 0.15) is 46.5 Å². The van der Waals surface area contributed by atoms with Crippen molar-refractivity contribution in [1.82, 2.24) is 4.90 Å². The molecule has 0 atom stereocenters. The lowest BCUT2D eigenvalue weighted by molar-refractivity contribution is 0.0835. The van der Waals surface area contributed by atoms with Crippen molar-refractivity contribution in [1.29, 1.82) is 0 Å². The van der Waals surface area contributed by atoms with Crippen molar-refractivity contribution < 1.29 is 14.3 Å². The third kappa shape index (κ3) is 3.37. The smallest absolute Gasteiger partial charge is 0.231 e. The highest BCUT2D eigenvalue weighted by atomic mass is 16.5. The number of ether oxygens (including phenoxy) is 2. The summed E-state index contributed by atoms with van der Waals surface area (Å²) in [4.78, 5) is 15.2. The van der Waals surface area contributed by atoms with Crippen molar-refractivity contribution in [3.63, 3.8) is 0 Å². The molecule has 2 aliphatic rings. The summed E-state index contributed by atoms with van der Waals surface area (Å²) in [6, 6.07) is 9.99. The van der Waals surface area contributed by atoms with E-state index in [1.165, 1.54) is 5.56 Å². The van der Waals surface area contributed by atoms with Gasteiger partial charge in [-0.05, 0) is 37.5 Å². The molecule has 0 saturated heterocycles. The second-order valence-corrected chi connectivity index (χ2v) is 7.90. The first-order chi connectivity index (χ1) is 12.9. The van der Waals surface area contributed by atoms with Crippen LogP contribution in [0.4, 0.5) is 0 Å². The van der Waals surface area contributed by atoms with E-state index in [2.05, 4.69) is 18.7 Å². The lowest BCUT2D eigenvalue weighted by Gasteiger charge is -2.31. The number of carbonyl (C=O) groups is 1. The predicted octanol–water partition coefficient (Wildman–Crippen LogP) is 4.73. The molecular weight excluding hydrogens is 338 g/mol. The maximum atomic E-state index is 12.9. The number of aryl methyl sites for hydroxylation is 1. The van der Waals surface area contributed by atoms with E-state index in [-0.39, 0.29) is 5.78 Å². The summed E-state index contributed by atoms with van der Waals surface area (Å²) in [5.74, 6) is 2.38. The number of hydrogen-bond donors (Lipinski definition) is 0. The van der Waals surface area contributed by atoms with E-state index >= 15 is 0 Å². The lowest BCUT2D eigenvalue weighted by atomic mass is 9.99. The van der Waals surface area contributed by atoms with Gasteiger partial charge in [0, 0.05) is 24.2 Å². The van der Waals surface area contributed by atoms with Gasteiger partial charge in [-0.1, -0.05) is 43.7 Å². The number of nitrogens with zero attached hydrogens (tertiary/aromatic N) is 1. The monoisotopic (exact) mass is 363 g/mol. The van der Waals surface area contributed by atoms with E-state index in [1.54, 1.807) is 0 Å². The van der Waals surface area contributed by atoms with E-state index in [0.717, 1.165) is 35.5 Å². The van der Waals surface area contributed by atoms with Gasteiger partial charge >= 0.3 is 0 Å². The minimum absolute atomic E-state index is 0.0579. The number of Topliss-reactive ketones (excluding diaryl/α,β-unsaturated/α-hetero) is 1. The standard InChI is InChI=1S/C23H25NO3/c1-14(2)11-24-12-18-10-19-21(25)20(9-17-7-5-15(3)6-8-17)27-23(19)16(4)22(18)26-13-24/h5-10,14H,11-13H2,1-4H3/b20-9-. The zero-order chi connectivity index (χ0) is 19.1. The summed E-state index contributed by atoms with van der Waals surface area (Å²) < 4.78 is 12.0. The van der Waals surface area contributed by atoms with Gasteiger partial charge in [0.2, 0.25) is 5.78 Å². The minimum Gasteiger partial charge on any atom is -0.477 e. The fourth-order valence-corrected chi connectivity index (χ4v) is 3.74. The Hall–Kier alpha value is -2.59. The zero-order valence-corrected chi connectivity index (χ0v) is 16.3. The highest BCUT2D eigenvalue weighted by Crippen LogP contribution is 2.43. The van der Waals surface area contributed by atoms with Crippen molar-refractivity contribution in [3.8, 4) is 11.5 Å². The lowest BCUT2D eigenvalue weighted by Crippen LogP contribution is -2.35.